The topological polar surface area (TPSA) is 61.9 Å². The van der Waals surface area contributed by atoms with E-state index in [2.05, 4.69) is 39.9 Å². The molecule has 1 unspecified atom stereocenters. The maximum absolute atomic E-state index is 12.5. The summed E-state index contributed by atoms with van der Waals surface area (Å²) < 4.78 is 41.4. The number of benzene rings is 3. The number of ether oxygens (including phenoxy) is 1. The third-order valence-corrected chi connectivity index (χ3v) is 6.92. The Balaban J connectivity index is 1.35. The summed E-state index contributed by atoms with van der Waals surface area (Å²) >= 11 is 1.43. The van der Waals surface area contributed by atoms with Gasteiger partial charge in [-0.15, -0.1) is 18.3 Å². The first-order valence-electron chi connectivity index (χ1n) is 12.6. The van der Waals surface area contributed by atoms with E-state index in [1.54, 1.807) is 24.7 Å². The van der Waals surface area contributed by atoms with Gasteiger partial charge in [0.25, 0.3) is 0 Å². The van der Waals surface area contributed by atoms with Gasteiger partial charge in [0.15, 0.2) is 0 Å². The van der Waals surface area contributed by atoms with Crippen LogP contribution >= 0.6 is 11.8 Å². The Bertz CT molecular complexity index is 1640. The van der Waals surface area contributed by atoms with Gasteiger partial charge in [-0.2, -0.15) is 5.11 Å². The number of aliphatic imine (C=N–C) groups is 2. The van der Waals surface area contributed by atoms with E-state index >= 15 is 0 Å². The van der Waals surface area contributed by atoms with Crippen LogP contribution < -0.4 is 20.1 Å². The number of nitrogens with zero attached hydrogens (tertiary/aromatic N) is 5. The number of fused-ring (bicyclic) bond motifs is 2. The first-order chi connectivity index (χ1) is 19.2. The van der Waals surface area contributed by atoms with Gasteiger partial charge < -0.3 is 9.64 Å². The van der Waals surface area contributed by atoms with Crippen LogP contribution in [0, 0.1) is 0 Å². The minimum Gasteiger partial charge on any atom is -0.406 e. The van der Waals surface area contributed by atoms with Gasteiger partial charge in [-0.25, -0.2) is 9.98 Å². The Hall–Kier alpha value is -4.18. The summed E-state index contributed by atoms with van der Waals surface area (Å²) in [5.74, 6) is 0.0839. The number of alkyl halides is 3. The summed E-state index contributed by atoms with van der Waals surface area (Å²) in [5, 5.41) is 11.0. The smallest absolute Gasteiger partial charge is 0.406 e. The molecular weight excluding hydrogens is 535 g/mol. The summed E-state index contributed by atoms with van der Waals surface area (Å²) in [6.07, 6.45) is 4.60. The number of anilines is 1. The second kappa shape index (κ2) is 11.5. The molecule has 0 fully saturated rings. The largest absolute Gasteiger partial charge is 0.573 e. The fourth-order valence-electron chi connectivity index (χ4n) is 4.53. The minimum atomic E-state index is -4.73. The van der Waals surface area contributed by atoms with Gasteiger partial charge >= 0.3 is 6.36 Å². The van der Waals surface area contributed by atoms with E-state index in [1.807, 2.05) is 59.7 Å². The molecule has 1 aliphatic carbocycles. The lowest BCUT2D eigenvalue weighted by Crippen LogP contribution is -2.33. The van der Waals surface area contributed by atoms with E-state index in [0.29, 0.717) is 16.8 Å². The van der Waals surface area contributed by atoms with Crippen molar-refractivity contribution >= 4 is 52.6 Å². The second-order valence-electron chi connectivity index (χ2n) is 9.39. The number of thioether (sulfide) groups is 1. The van der Waals surface area contributed by atoms with Crippen LogP contribution in [0.4, 0.5) is 24.5 Å². The highest BCUT2D eigenvalue weighted by Gasteiger charge is 2.31. The molecule has 0 aromatic heterocycles. The van der Waals surface area contributed by atoms with Gasteiger partial charge in [-0.3, -0.25) is 0 Å². The Morgan fingerprint density at radius 2 is 1.85 bits per heavy atom. The second-order valence-corrected chi connectivity index (χ2v) is 10.2. The number of rotatable bonds is 5. The molecule has 0 N–H and O–H groups in total. The van der Waals surface area contributed by atoms with Crippen LogP contribution in [-0.4, -0.2) is 30.2 Å². The molecule has 40 heavy (non-hydrogen) atoms. The first kappa shape index (κ1) is 27.4. The molecule has 0 amide bonds. The molecule has 6 nitrogen and oxygen atoms in total. The van der Waals surface area contributed by atoms with Crippen LogP contribution in [0.5, 0.6) is 5.75 Å². The van der Waals surface area contributed by atoms with Gasteiger partial charge in [0.2, 0.25) is 5.17 Å². The van der Waals surface area contributed by atoms with Crippen molar-refractivity contribution in [1.82, 2.24) is 0 Å². The molecule has 2 aliphatic rings. The molecule has 0 radical (unpaired) electrons. The highest BCUT2D eigenvalue weighted by Crippen LogP contribution is 2.31. The third-order valence-electron chi connectivity index (χ3n) is 6.39. The van der Waals surface area contributed by atoms with Crippen molar-refractivity contribution in [3.63, 3.8) is 0 Å². The lowest BCUT2D eigenvalue weighted by molar-refractivity contribution is -0.274. The Morgan fingerprint density at radius 3 is 2.58 bits per heavy atom. The molecule has 0 bridgehead atoms. The molecule has 1 heterocycles. The van der Waals surface area contributed by atoms with E-state index in [0.717, 1.165) is 32.9 Å². The predicted octanol–water partition coefficient (Wildman–Crippen LogP) is 7.00. The Morgan fingerprint density at radius 1 is 1.07 bits per heavy atom. The van der Waals surface area contributed by atoms with Crippen LogP contribution in [-0.2, 0) is 0 Å². The molecule has 1 aliphatic heterocycles. The van der Waals surface area contributed by atoms with Crippen LogP contribution in [0.15, 0.2) is 93.0 Å². The number of azo groups is 1. The highest BCUT2D eigenvalue weighted by molar-refractivity contribution is 8.13. The van der Waals surface area contributed by atoms with E-state index in [-0.39, 0.29) is 11.8 Å². The molecular formula is C30H26F3N5OS. The third kappa shape index (κ3) is 6.17. The number of hydrogen-bond acceptors (Lipinski definition) is 6. The van der Waals surface area contributed by atoms with Crippen molar-refractivity contribution < 1.29 is 17.9 Å². The molecule has 3 aromatic carbocycles. The minimum absolute atomic E-state index is 0.162. The molecule has 10 heteroatoms. The quantitative estimate of drug-likeness (QED) is 0.191. The highest BCUT2D eigenvalue weighted by atomic mass is 32.2. The molecule has 0 saturated carbocycles. The molecule has 5 rings (SSSR count). The van der Waals surface area contributed by atoms with Crippen LogP contribution in [0.2, 0.25) is 0 Å². The van der Waals surface area contributed by atoms with Crippen molar-refractivity contribution in [2.75, 3.05) is 11.2 Å². The van der Waals surface area contributed by atoms with Crippen LogP contribution in [0.3, 0.4) is 0 Å². The fraction of sp³-hybridized carbons (Fsp3) is 0.200. The molecule has 204 valence electrons. The Kier molecular flexibility index (Phi) is 7.88. The average Bonchev–Trinajstić information content (AvgIpc) is 3.36. The summed E-state index contributed by atoms with van der Waals surface area (Å²) in [6.45, 7) is 4.27. The van der Waals surface area contributed by atoms with Gasteiger partial charge in [-0.05, 0) is 64.9 Å². The predicted molar refractivity (Wildman–Crippen MR) is 156 cm³/mol. The lowest BCUT2D eigenvalue weighted by atomic mass is 9.99. The maximum Gasteiger partial charge on any atom is 0.573 e. The van der Waals surface area contributed by atoms with Crippen LogP contribution in [0.1, 0.15) is 30.9 Å². The molecule has 0 spiro atoms. The van der Waals surface area contributed by atoms with Gasteiger partial charge in [0.1, 0.15) is 5.75 Å². The summed E-state index contributed by atoms with van der Waals surface area (Å²) in [6, 6.07) is 19.6. The number of amidine groups is 1. The normalized spacial score (nSPS) is 17.2. The first-order valence-corrected chi connectivity index (χ1v) is 13.8. The van der Waals surface area contributed by atoms with Crippen molar-refractivity contribution in [2.45, 2.75) is 32.2 Å². The van der Waals surface area contributed by atoms with Gasteiger partial charge in [0.05, 0.1) is 30.0 Å². The van der Waals surface area contributed by atoms with Crippen molar-refractivity contribution in [2.24, 2.45) is 20.2 Å². The molecule has 1 atom stereocenters. The number of hydrogen-bond donors (Lipinski definition) is 0. The number of para-hydroxylation sites is 1. The summed E-state index contributed by atoms with van der Waals surface area (Å²) in [7, 11) is 0. The Labute approximate surface area is 234 Å². The van der Waals surface area contributed by atoms with Crippen molar-refractivity contribution in [3.8, 4) is 5.75 Å². The summed E-state index contributed by atoms with van der Waals surface area (Å²) in [4.78, 5) is 11.2. The van der Waals surface area contributed by atoms with Gasteiger partial charge in [0, 0.05) is 10.9 Å². The summed E-state index contributed by atoms with van der Waals surface area (Å²) in [5.41, 5.74) is 4.61. The maximum atomic E-state index is 12.5. The van der Waals surface area contributed by atoms with Crippen molar-refractivity contribution in [1.29, 1.82) is 0 Å². The zero-order valence-corrected chi connectivity index (χ0v) is 22.8. The fourth-order valence-corrected chi connectivity index (χ4v) is 4.84. The van der Waals surface area contributed by atoms with E-state index in [4.69, 9.17) is 4.99 Å². The SMILES string of the molecule is CSC(N=NC=c1ccc2c(c1)C=CC1C=2N=CN1c1ccc(OC(F)(F)F)cc1)=Nc1ccccc1C(C)C. The zero-order valence-electron chi connectivity index (χ0n) is 22.0. The molecule has 3 aromatic rings. The standard InChI is InChI=1S/C30H26F3N5OS/c1-19(2)24-6-4-5-7-26(24)36-29(40-3)37-35-17-20-8-14-25-21(16-20)9-15-27-28(25)34-18-38(27)22-10-12-23(13-11-22)39-30(31,32)33/h4-19,27H,1-3H3. The lowest BCUT2D eigenvalue weighted by Gasteiger charge is -2.24. The average molecular weight is 562 g/mol. The zero-order chi connectivity index (χ0) is 28.3. The van der Waals surface area contributed by atoms with E-state index in [9.17, 15) is 13.2 Å². The van der Waals surface area contributed by atoms with E-state index in [1.165, 1.54) is 23.9 Å². The molecule has 0 saturated heterocycles. The van der Waals surface area contributed by atoms with E-state index < -0.39 is 6.36 Å². The number of halogens is 3. The van der Waals surface area contributed by atoms with Crippen molar-refractivity contribution in [3.05, 3.63) is 94.4 Å². The van der Waals surface area contributed by atoms with Crippen LogP contribution in [0.25, 0.3) is 18.0 Å². The van der Waals surface area contributed by atoms with Gasteiger partial charge in [-0.1, -0.05) is 68.1 Å². The monoisotopic (exact) mass is 561 g/mol.